The van der Waals surface area contributed by atoms with Gasteiger partial charge in [0, 0.05) is 53.7 Å². The summed E-state index contributed by atoms with van der Waals surface area (Å²) >= 11 is 0. The molecule has 0 fully saturated rings. The van der Waals surface area contributed by atoms with Gasteiger partial charge >= 0.3 is 0 Å². The van der Waals surface area contributed by atoms with E-state index < -0.39 is 5.78 Å². The monoisotopic (exact) mass is 383 g/mol. The van der Waals surface area contributed by atoms with Crippen molar-refractivity contribution in [3.63, 3.8) is 0 Å². The fourth-order valence-electron chi connectivity index (χ4n) is 0.737. The summed E-state index contributed by atoms with van der Waals surface area (Å²) in [6, 6.07) is 0. The van der Waals surface area contributed by atoms with E-state index in [1.165, 1.54) is 6.92 Å². The minimum absolute atomic E-state index is 0. The molecule has 144 valence electrons. The smallest absolute Gasteiger partial charge is 0.134 e. The Morgan fingerprint density at radius 3 is 1.12 bits per heavy atom. The van der Waals surface area contributed by atoms with Crippen molar-refractivity contribution in [2.45, 2.75) is 72.6 Å². The van der Waals surface area contributed by atoms with Gasteiger partial charge in [0.25, 0.3) is 0 Å². The van der Waals surface area contributed by atoms with E-state index in [0.29, 0.717) is 19.8 Å². The normalized spacial score (nSPS) is 7.96. The second-order valence-corrected chi connectivity index (χ2v) is 4.64. The maximum absolute atomic E-state index is 10.0. The minimum atomic E-state index is -0.780. The largest absolute Gasteiger partial charge is 0.534 e. The first-order valence-corrected chi connectivity index (χ1v) is 8.14. The van der Waals surface area contributed by atoms with Crippen molar-refractivity contribution in [3.8, 4) is 0 Å². The average Bonchev–Trinajstić information content (AvgIpc) is 2.51. The van der Waals surface area contributed by atoms with Gasteiger partial charge in [0.2, 0.25) is 0 Å². The maximum atomic E-state index is 10.0. The van der Waals surface area contributed by atoms with Crippen LogP contribution in [-0.2, 0) is 36.1 Å². The van der Waals surface area contributed by atoms with Crippen LogP contribution in [0.4, 0.5) is 0 Å². The number of hydrogen-bond donors (Lipinski definition) is 3. The molecular weight excluding hydrogens is 348 g/mol. The number of rotatable bonds is 9. The molecule has 0 spiro atoms. The van der Waals surface area contributed by atoms with Crippen LogP contribution in [0.5, 0.6) is 0 Å². The molecule has 0 saturated carbocycles. The average molecular weight is 383 g/mol. The number of carbonyl (C=O) groups excluding carboxylic acids is 3. The molecule has 0 bridgehead atoms. The molecule has 0 aromatic heterocycles. The third kappa shape index (κ3) is 68.1. The molecule has 6 nitrogen and oxygen atoms in total. The third-order valence-corrected chi connectivity index (χ3v) is 2.06. The van der Waals surface area contributed by atoms with E-state index in [1.54, 1.807) is 0 Å². The van der Waals surface area contributed by atoms with E-state index in [1.807, 2.05) is 0 Å². The number of aliphatic hydroxyl groups is 3. The summed E-state index contributed by atoms with van der Waals surface area (Å²) in [5.74, 6) is -1.09. The summed E-state index contributed by atoms with van der Waals surface area (Å²) < 4.78 is 0. The van der Waals surface area contributed by atoms with E-state index >= 15 is 0 Å². The summed E-state index contributed by atoms with van der Waals surface area (Å²) in [6.07, 6.45) is 6.89. The van der Waals surface area contributed by atoms with Gasteiger partial charge in [0.1, 0.15) is 5.78 Å². The van der Waals surface area contributed by atoms with Crippen LogP contribution in [0.25, 0.3) is 0 Å². The molecule has 0 atom stereocenters. The Labute approximate surface area is 161 Å². The van der Waals surface area contributed by atoms with Gasteiger partial charge < -0.3 is 24.9 Å². The predicted octanol–water partition coefficient (Wildman–Crippen LogP) is 1.98. The number of Topliss-reactive ketones (excluding diaryl/α,β-unsaturated/α-hetero) is 2. The number of aliphatic hydroxyl groups excluding tert-OH is 3. The first-order chi connectivity index (χ1) is 10.9. The van der Waals surface area contributed by atoms with Crippen molar-refractivity contribution in [1.29, 1.82) is 0 Å². The van der Waals surface area contributed by atoms with Crippen LogP contribution in [0, 0.1) is 0 Å². The molecule has 0 aromatic carbocycles. The second-order valence-electron chi connectivity index (χ2n) is 4.64. The Hall–Kier alpha value is -0.396. The Bertz CT molecular complexity index is 227. The summed E-state index contributed by atoms with van der Waals surface area (Å²) in [6.45, 7) is 8.43. The predicted molar refractivity (Wildman–Crippen MR) is 92.0 cm³/mol. The van der Waals surface area contributed by atoms with Crippen molar-refractivity contribution in [3.05, 3.63) is 0 Å². The molecule has 0 aromatic rings. The molecule has 0 heterocycles. The molecule has 7 heteroatoms. The van der Waals surface area contributed by atoms with Crippen molar-refractivity contribution >= 4 is 17.9 Å². The zero-order valence-electron chi connectivity index (χ0n) is 15.6. The van der Waals surface area contributed by atoms with Crippen LogP contribution < -0.4 is 0 Å². The molecule has 0 rings (SSSR count). The Kier molecular flexibility index (Phi) is 55.6. The van der Waals surface area contributed by atoms with Crippen molar-refractivity contribution < 1.29 is 51.4 Å². The molecule has 0 saturated heterocycles. The minimum Gasteiger partial charge on any atom is -0.534 e. The van der Waals surface area contributed by atoms with E-state index in [4.69, 9.17) is 15.3 Å². The SMILES string of the molecule is CC(=O)CC(=O)[C-]=O.CCCCO.CCCCO.CCCCO.[Ti]. The van der Waals surface area contributed by atoms with Crippen molar-refractivity contribution in [2.24, 2.45) is 0 Å². The zero-order chi connectivity index (χ0) is 18.9. The van der Waals surface area contributed by atoms with Gasteiger partial charge in [-0.1, -0.05) is 40.0 Å². The number of ketones is 2. The fraction of sp³-hybridized carbons (Fsp3) is 0.824. The van der Waals surface area contributed by atoms with Gasteiger partial charge in [-0.3, -0.25) is 4.79 Å². The number of carbonyl (C=O) groups is 2. The molecule has 24 heavy (non-hydrogen) atoms. The van der Waals surface area contributed by atoms with Crippen LogP contribution in [0.3, 0.4) is 0 Å². The Balaban J connectivity index is -0.0000000677. The topological polar surface area (TPSA) is 112 Å². The van der Waals surface area contributed by atoms with Crippen LogP contribution in [0.1, 0.15) is 72.6 Å². The first-order valence-electron chi connectivity index (χ1n) is 8.14. The van der Waals surface area contributed by atoms with Gasteiger partial charge in [-0.2, -0.15) is 6.29 Å². The quantitative estimate of drug-likeness (QED) is 0.243. The Morgan fingerprint density at radius 2 is 1.08 bits per heavy atom. The fourth-order valence-corrected chi connectivity index (χ4v) is 0.737. The summed E-state index contributed by atoms with van der Waals surface area (Å²) in [5, 5.41) is 24.2. The molecular formula is C17H35O6Ti-. The van der Waals surface area contributed by atoms with E-state index in [2.05, 4.69) is 20.8 Å². The van der Waals surface area contributed by atoms with Gasteiger partial charge in [-0.25, -0.2) is 0 Å². The van der Waals surface area contributed by atoms with Crippen molar-refractivity contribution in [2.75, 3.05) is 19.8 Å². The van der Waals surface area contributed by atoms with Crippen LogP contribution >= 0.6 is 0 Å². The van der Waals surface area contributed by atoms with Crippen LogP contribution in [0.2, 0.25) is 0 Å². The van der Waals surface area contributed by atoms with Gasteiger partial charge in [0.15, 0.2) is 0 Å². The molecule has 0 aliphatic heterocycles. The number of unbranched alkanes of at least 4 members (excludes halogenated alkanes) is 3. The maximum Gasteiger partial charge on any atom is 0.134 e. The molecule has 0 radical (unpaired) electrons. The first kappa shape index (κ1) is 34.8. The Morgan fingerprint density at radius 1 is 0.792 bits per heavy atom. The second kappa shape index (κ2) is 38.3. The van der Waals surface area contributed by atoms with Crippen molar-refractivity contribution in [1.82, 2.24) is 0 Å². The molecule has 3 N–H and O–H groups in total. The summed E-state index contributed by atoms with van der Waals surface area (Å²) in [5.41, 5.74) is 0. The van der Waals surface area contributed by atoms with E-state index in [9.17, 15) is 14.4 Å². The van der Waals surface area contributed by atoms with Gasteiger partial charge in [-0.05, 0) is 26.2 Å². The van der Waals surface area contributed by atoms with Crippen LogP contribution in [0.15, 0.2) is 0 Å². The number of hydrogen-bond acceptors (Lipinski definition) is 6. The molecule has 0 amide bonds. The zero-order valence-corrected chi connectivity index (χ0v) is 17.2. The standard InChI is InChI=1S/C5H5O3.3C4H10O.Ti/c1-4(7)2-5(8)3-6;3*1-2-3-4-5;/h2H2,1H3;3*5H,2-4H2,1H3;/q-1;;;;. The summed E-state index contributed by atoms with van der Waals surface area (Å²) in [4.78, 5) is 29.4. The molecule has 0 unspecified atom stereocenters. The third-order valence-electron chi connectivity index (χ3n) is 2.06. The molecule has 0 aliphatic carbocycles. The van der Waals surface area contributed by atoms with Gasteiger partial charge in [0.05, 0.1) is 0 Å². The van der Waals surface area contributed by atoms with E-state index in [0.717, 1.165) is 44.8 Å². The summed E-state index contributed by atoms with van der Waals surface area (Å²) in [7, 11) is 0. The van der Waals surface area contributed by atoms with Crippen LogP contribution in [-0.4, -0.2) is 53.0 Å². The molecule has 0 aliphatic rings. The van der Waals surface area contributed by atoms with Gasteiger partial charge in [-0.15, -0.1) is 0 Å². The van der Waals surface area contributed by atoms with E-state index in [-0.39, 0.29) is 33.9 Å².